The van der Waals surface area contributed by atoms with E-state index in [1.54, 1.807) is 0 Å². The Morgan fingerprint density at radius 1 is 1.25 bits per heavy atom. The molecule has 3 heteroatoms. The second-order valence-corrected chi connectivity index (χ2v) is 6.72. The predicted molar refractivity (Wildman–Crippen MR) is 82.8 cm³/mol. The Kier molecular flexibility index (Phi) is 6.31. The van der Waals surface area contributed by atoms with E-state index < -0.39 is 0 Å². The zero-order valence-electron chi connectivity index (χ0n) is 13.4. The summed E-state index contributed by atoms with van der Waals surface area (Å²) in [6.45, 7) is 6.56. The van der Waals surface area contributed by atoms with Crippen molar-refractivity contribution in [1.29, 1.82) is 0 Å². The lowest BCUT2D eigenvalue weighted by atomic mass is 9.55. The molecule has 0 aromatic heterocycles. The summed E-state index contributed by atoms with van der Waals surface area (Å²) in [5.74, 6) is 0.617. The van der Waals surface area contributed by atoms with Crippen LogP contribution in [0.25, 0.3) is 0 Å². The third-order valence-corrected chi connectivity index (χ3v) is 5.70. The highest BCUT2D eigenvalue weighted by Crippen LogP contribution is 2.53. The number of ether oxygens (including phenoxy) is 1. The summed E-state index contributed by atoms with van der Waals surface area (Å²) in [5, 5.41) is 12.9. The van der Waals surface area contributed by atoms with Gasteiger partial charge in [-0.2, -0.15) is 0 Å². The summed E-state index contributed by atoms with van der Waals surface area (Å²) in [6, 6.07) is 0.645. The monoisotopic (exact) mass is 283 g/mol. The Hall–Kier alpha value is -0.120. The molecule has 3 unspecified atom stereocenters. The Labute approximate surface area is 124 Å². The van der Waals surface area contributed by atoms with E-state index in [1.807, 2.05) is 0 Å². The summed E-state index contributed by atoms with van der Waals surface area (Å²) in [5.41, 5.74) is 0.422. The molecule has 2 rings (SSSR count). The first-order chi connectivity index (χ1) is 9.76. The van der Waals surface area contributed by atoms with Crippen LogP contribution in [0.3, 0.4) is 0 Å². The molecule has 0 amide bonds. The molecule has 2 aliphatic rings. The van der Waals surface area contributed by atoms with E-state index in [0.717, 1.165) is 26.0 Å². The average molecular weight is 283 g/mol. The summed E-state index contributed by atoms with van der Waals surface area (Å²) in [7, 11) is 0. The lowest BCUT2D eigenvalue weighted by Gasteiger charge is -2.58. The molecule has 2 N–H and O–H groups in total. The molecule has 0 aromatic rings. The molecule has 0 bridgehead atoms. The first-order valence-corrected chi connectivity index (χ1v) is 8.72. The fraction of sp³-hybridized carbons (Fsp3) is 1.00. The minimum atomic E-state index is 0.317. The van der Waals surface area contributed by atoms with Gasteiger partial charge in [-0.1, -0.05) is 32.6 Å². The fourth-order valence-corrected chi connectivity index (χ4v) is 4.29. The van der Waals surface area contributed by atoms with Gasteiger partial charge in [0.1, 0.15) is 0 Å². The highest BCUT2D eigenvalue weighted by Gasteiger charge is 2.55. The molecule has 0 aliphatic heterocycles. The van der Waals surface area contributed by atoms with Crippen LogP contribution >= 0.6 is 0 Å². The Morgan fingerprint density at radius 2 is 2.00 bits per heavy atom. The number of nitrogens with one attached hydrogen (secondary N) is 1. The maximum atomic E-state index is 9.11. The van der Waals surface area contributed by atoms with E-state index in [-0.39, 0.29) is 0 Å². The molecule has 2 saturated carbocycles. The minimum absolute atomic E-state index is 0.317. The van der Waals surface area contributed by atoms with Crippen LogP contribution in [0.5, 0.6) is 0 Å². The van der Waals surface area contributed by atoms with Crippen LogP contribution in [0.1, 0.15) is 65.2 Å². The highest BCUT2D eigenvalue weighted by molar-refractivity contribution is 5.09. The third kappa shape index (κ3) is 3.37. The Bertz CT molecular complexity index is 276. The van der Waals surface area contributed by atoms with Crippen LogP contribution in [0.15, 0.2) is 0 Å². The summed E-state index contributed by atoms with van der Waals surface area (Å²) in [6.07, 6.45) is 10.6. The molecular weight excluding hydrogens is 250 g/mol. The number of rotatable bonds is 8. The van der Waals surface area contributed by atoms with Gasteiger partial charge in [0.15, 0.2) is 0 Å². The molecule has 2 fully saturated rings. The van der Waals surface area contributed by atoms with E-state index in [1.165, 1.54) is 38.5 Å². The van der Waals surface area contributed by atoms with Gasteiger partial charge in [-0.15, -0.1) is 0 Å². The summed E-state index contributed by atoms with van der Waals surface area (Å²) >= 11 is 0. The Morgan fingerprint density at radius 3 is 2.60 bits per heavy atom. The van der Waals surface area contributed by atoms with Gasteiger partial charge in [-0.25, -0.2) is 0 Å². The van der Waals surface area contributed by atoms with Crippen LogP contribution in [0, 0.1) is 11.3 Å². The number of hydrogen-bond donors (Lipinski definition) is 2. The molecule has 0 heterocycles. The Balaban J connectivity index is 1.87. The number of aliphatic hydroxyl groups is 1. The van der Waals surface area contributed by atoms with Crippen molar-refractivity contribution in [3.05, 3.63) is 0 Å². The fourth-order valence-electron chi connectivity index (χ4n) is 4.29. The topological polar surface area (TPSA) is 41.5 Å². The van der Waals surface area contributed by atoms with Crippen molar-refractivity contribution in [2.75, 3.05) is 19.8 Å². The van der Waals surface area contributed by atoms with Gasteiger partial charge in [-0.3, -0.25) is 0 Å². The molecule has 1 spiro atoms. The van der Waals surface area contributed by atoms with Crippen molar-refractivity contribution in [2.45, 2.75) is 77.4 Å². The molecule has 0 aromatic carbocycles. The summed E-state index contributed by atoms with van der Waals surface area (Å²) < 4.78 is 6.00. The van der Waals surface area contributed by atoms with Crippen LogP contribution < -0.4 is 5.32 Å². The number of aliphatic hydroxyl groups excluding tert-OH is 1. The van der Waals surface area contributed by atoms with Crippen molar-refractivity contribution >= 4 is 0 Å². The average Bonchev–Trinajstić information content (AvgIpc) is 2.49. The predicted octanol–water partition coefficient (Wildman–Crippen LogP) is 3.11. The zero-order chi connectivity index (χ0) is 14.4. The van der Waals surface area contributed by atoms with Crippen molar-refractivity contribution < 1.29 is 9.84 Å². The van der Waals surface area contributed by atoms with Gasteiger partial charge in [-0.05, 0) is 45.1 Å². The van der Waals surface area contributed by atoms with E-state index >= 15 is 0 Å². The molecule has 0 radical (unpaired) electrons. The first-order valence-electron chi connectivity index (χ1n) is 8.72. The SMILES string of the molecule is CCOC1CC(NCC(CC)CCO)C12CCCCC2. The third-order valence-electron chi connectivity index (χ3n) is 5.70. The largest absolute Gasteiger partial charge is 0.396 e. The molecule has 0 saturated heterocycles. The van der Waals surface area contributed by atoms with Gasteiger partial charge in [0.25, 0.3) is 0 Å². The van der Waals surface area contributed by atoms with Crippen LogP contribution in [-0.2, 0) is 4.74 Å². The lowest BCUT2D eigenvalue weighted by molar-refractivity contribution is -0.150. The zero-order valence-corrected chi connectivity index (χ0v) is 13.4. The van der Waals surface area contributed by atoms with E-state index in [4.69, 9.17) is 9.84 Å². The molecule has 3 nitrogen and oxygen atoms in total. The standard InChI is InChI=1S/C17H33NO2/c1-3-14(8-11-19)13-18-15-12-16(20-4-2)17(15)9-6-5-7-10-17/h14-16,18-19H,3-13H2,1-2H3. The van der Waals surface area contributed by atoms with Crippen molar-refractivity contribution in [2.24, 2.45) is 11.3 Å². The van der Waals surface area contributed by atoms with Gasteiger partial charge in [0, 0.05) is 24.7 Å². The van der Waals surface area contributed by atoms with Gasteiger partial charge >= 0.3 is 0 Å². The quantitative estimate of drug-likeness (QED) is 0.719. The van der Waals surface area contributed by atoms with Gasteiger partial charge in [0.05, 0.1) is 6.10 Å². The van der Waals surface area contributed by atoms with E-state index in [9.17, 15) is 0 Å². The van der Waals surface area contributed by atoms with Gasteiger partial charge in [0.2, 0.25) is 0 Å². The van der Waals surface area contributed by atoms with Crippen molar-refractivity contribution in [3.63, 3.8) is 0 Å². The summed E-state index contributed by atoms with van der Waals surface area (Å²) in [4.78, 5) is 0. The molecular formula is C17H33NO2. The maximum Gasteiger partial charge on any atom is 0.0661 e. The normalized spacial score (nSPS) is 30.1. The van der Waals surface area contributed by atoms with Crippen LogP contribution in [-0.4, -0.2) is 37.0 Å². The van der Waals surface area contributed by atoms with Crippen LogP contribution in [0.2, 0.25) is 0 Å². The van der Waals surface area contributed by atoms with E-state index in [0.29, 0.717) is 30.1 Å². The maximum absolute atomic E-state index is 9.11. The van der Waals surface area contributed by atoms with E-state index in [2.05, 4.69) is 19.2 Å². The van der Waals surface area contributed by atoms with Gasteiger partial charge < -0.3 is 15.2 Å². The molecule has 118 valence electrons. The highest BCUT2D eigenvalue weighted by atomic mass is 16.5. The smallest absolute Gasteiger partial charge is 0.0661 e. The van der Waals surface area contributed by atoms with Crippen LogP contribution in [0.4, 0.5) is 0 Å². The molecule has 20 heavy (non-hydrogen) atoms. The van der Waals surface area contributed by atoms with Crippen molar-refractivity contribution in [1.82, 2.24) is 5.32 Å². The lowest BCUT2D eigenvalue weighted by Crippen LogP contribution is -2.64. The second kappa shape index (κ2) is 7.77. The second-order valence-electron chi connectivity index (χ2n) is 6.72. The van der Waals surface area contributed by atoms with Crippen molar-refractivity contribution in [3.8, 4) is 0 Å². The first kappa shape index (κ1) is 16.3. The minimum Gasteiger partial charge on any atom is -0.396 e. The molecule has 2 aliphatic carbocycles. The number of hydrogen-bond acceptors (Lipinski definition) is 3. The molecule has 3 atom stereocenters.